The van der Waals surface area contributed by atoms with Crippen LogP contribution in [0.2, 0.25) is 0 Å². The molecule has 1 saturated heterocycles. The number of aromatic nitrogens is 1. The number of hydrogen-bond acceptors (Lipinski definition) is 13. The molecule has 1 aromatic rings. The number of nitrogens with two attached hydrogens (primary N) is 1. The van der Waals surface area contributed by atoms with E-state index in [4.69, 9.17) is 15.1 Å². The summed E-state index contributed by atoms with van der Waals surface area (Å²) >= 11 is 0.990. The highest BCUT2D eigenvalue weighted by atomic mass is 32.2. The minimum absolute atomic E-state index is 0.00539. The Morgan fingerprint density at radius 1 is 1.47 bits per heavy atom. The summed E-state index contributed by atoms with van der Waals surface area (Å²) in [5, 5.41) is 27.1. The molecule has 0 aliphatic carbocycles. The average molecular weight is 490 g/mol. The number of aliphatic hydroxyl groups is 1. The van der Waals surface area contributed by atoms with Crippen LogP contribution in [0.3, 0.4) is 0 Å². The molecule has 3 heterocycles. The smallest absolute Gasteiger partial charge is 0.362 e. The molecule has 174 valence electrons. The maximum Gasteiger partial charge on any atom is 0.362 e. The molecule has 0 saturated carbocycles. The number of hydrogen-bond donors (Lipinski definition) is 5. The fourth-order valence-corrected chi connectivity index (χ4v) is 4.38. The van der Waals surface area contributed by atoms with Crippen LogP contribution in [0.5, 0.6) is 0 Å². The molecule has 32 heavy (non-hydrogen) atoms. The number of nitrogens with one attached hydrogen (secondary N) is 1. The molecular weight excluding hydrogens is 472 g/mol. The van der Waals surface area contributed by atoms with Crippen LogP contribution in [0.4, 0.5) is 5.13 Å². The van der Waals surface area contributed by atoms with Crippen molar-refractivity contribution in [2.45, 2.75) is 31.5 Å². The van der Waals surface area contributed by atoms with E-state index in [-0.39, 0.29) is 28.2 Å². The number of allylic oxidation sites excluding steroid dienone is 1. The van der Waals surface area contributed by atoms with Crippen LogP contribution in [0, 0.1) is 0 Å². The van der Waals surface area contributed by atoms with Gasteiger partial charge in [-0.15, -0.1) is 11.3 Å². The van der Waals surface area contributed by atoms with Crippen molar-refractivity contribution >= 4 is 50.1 Å². The normalized spacial score (nSPS) is 24.2. The van der Waals surface area contributed by atoms with Crippen LogP contribution >= 0.6 is 11.3 Å². The minimum atomic E-state index is -4.77. The molecule has 1 fully saturated rings. The molecule has 2 aliphatic rings. The van der Waals surface area contributed by atoms with E-state index in [1.54, 1.807) is 0 Å². The van der Waals surface area contributed by atoms with Crippen molar-refractivity contribution < 1.29 is 42.5 Å². The Morgan fingerprint density at radius 3 is 2.72 bits per heavy atom. The largest absolute Gasteiger partial charge is 0.503 e. The second kappa shape index (κ2) is 8.69. The highest BCUT2D eigenvalue weighted by molar-refractivity contribution is 7.84. The quantitative estimate of drug-likeness (QED) is 0.126. The lowest BCUT2D eigenvalue weighted by molar-refractivity contribution is -0.143. The lowest BCUT2D eigenvalue weighted by Crippen LogP contribution is -2.71. The van der Waals surface area contributed by atoms with Gasteiger partial charge in [0.1, 0.15) is 18.3 Å². The predicted octanol–water partition coefficient (Wildman–Crippen LogP) is -1.60. The summed E-state index contributed by atoms with van der Waals surface area (Å²) in [6.45, 7) is 0.935. The van der Waals surface area contributed by atoms with Crippen molar-refractivity contribution in [2.75, 3.05) is 12.3 Å². The fraction of sp³-hybridized carbons (Fsp3) is 0.400. The zero-order valence-corrected chi connectivity index (χ0v) is 17.9. The van der Waals surface area contributed by atoms with Gasteiger partial charge in [0.05, 0.1) is 18.3 Å². The molecule has 0 bridgehead atoms. The van der Waals surface area contributed by atoms with E-state index in [1.807, 2.05) is 0 Å². The molecule has 0 spiro atoms. The molecule has 6 N–H and O–H groups in total. The highest BCUT2D eigenvalue weighted by Gasteiger charge is 2.51. The fourth-order valence-electron chi connectivity index (χ4n) is 2.95. The van der Waals surface area contributed by atoms with E-state index < -0.39 is 57.5 Å². The summed E-state index contributed by atoms with van der Waals surface area (Å²) in [4.78, 5) is 45.3. The Morgan fingerprint density at radius 2 is 2.16 bits per heavy atom. The molecule has 1 aromatic heterocycles. The number of hydroxylamine groups is 2. The maximum atomic E-state index is 12.7. The number of anilines is 1. The van der Waals surface area contributed by atoms with Crippen LogP contribution in [0.25, 0.3) is 0 Å². The van der Waals surface area contributed by atoms with Crippen LogP contribution in [-0.4, -0.2) is 85.7 Å². The van der Waals surface area contributed by atoms with Gasteiger partial charge in [-0.2, -0.15) is 8.42 Å². The first-order chi connectivity index (χ1) is 14.9. The third-order valence-electron chi connectivity index (χ3n) is 4.61. The summed E-state index contributed by atoms with van der Waals surface area (Å²) in [5.41, 5.74) is 5.16. The van der Waals surface area contributed by atoms with E-state index in [0.717, 1.165) is 17.5 Å². The van der Waals surface area contributed by atoms with Crippen LogP contribution in [-0.2, 0) is 29.5 Å². The standard InChI is InChI=1S/C15H18N6O9S2/c1-6-11(14(25)21(6)32(27,28)29)18-13(24)12(8-5-31-15(16)17-8)19-30-4-7-2-9(22)10(23)3-20(7)26/h3,5-7,11,23,26H,2,4H2,1H3,(H2,16,17)(H,18,24)(H,27,28,29)/b19-12-/t6-,7?,11-/m0/s1. The molecular formula is C15H18N6O9S2. The topological polar surface area (TPSA) is 225 Å². The number of β-lactam (4-membered cyclic amide) rings is 1. The number of nitrogen functional groups attached to an aromatic ring is 1. The van der Waals surface area contributed by atoms with E-state index in [2.05, 4.69) is 15.5 Å². The van der Waals surface area contributed by atoms with Gasteiger partial charge in [-0.3, -0.25) is 29.2 Å². The lowest BCUT2D eigenvalue weighted by Gasteiger charge is -2.42. The molecule has 17 heteroatoms. The third-order valence-corrected chi connectivity index (χ3v) is 6.29. The van der Waals surface area contributed by atoms with Gasteiger partial charge in [0.15, 0.2) is 16.6 Å². The van der Waals surface area contributed by atoms with Gasteiger partial charge >= 0.3 is 10.3 Å². The van der Waals surface area contributed by atoms with Gasteiger partial charge in [-0.25, -0.2) is 9.29 Å². The second-order valence-corrected chi connectivity index (χ2v) is 8.96. The van der Waals surface area contributed by atoms with Crippen LogP contribution in [0.1, 0.15) is 19.0 Å². The number of carbonyl (C=O) groups excluding carboxylic acids is 3. The number of aliphatic hydroxyl groups excluding tert-OH is 1. The highest BCUT2D eigenvalue weighted by Crippen LogP contribution is 2.23. The third kappa shape index (κ3) is 4.64. The first kappa shape index (κ1) is 23.4. The van der Waals surface area contributed by atoms with E-state index in [9.17, 15) is 33.1 Å². The van der Waals surface area contributed by atoms with Crippen molar-refractivity contribution in [3.8, 4) is 0 Å². The zero-order chi connectivity index (χ0) is 23.8. The molecule has 3 rings (SSSR count). The first-order valence-corrected chi connectivity index (χ1v) is 11.1. The zero-order valence-electron chi connectivity index (χ0n) is 16.3. The summed E-state index contributed by atoms with van der Waals surface area (Å²) in [6, 6.07) is -3.22. The van der Waals surface area contributed by atoms with Crippen molar-refractivity contribution in [3.05, 3.63) is 23.0 Å². The van der Waals surface area contributed by atoms with Gasteiger partial charge in [0, 0.05) is 11.8 Å². The van der Waals surface area contributed by atoms with E-state index in [1.165, 1.54) is 12.3 Å². The predicted molar refractivity (Wildman–Crippen MR) is 107 cm³/mol. The SMILES string of the molecule is C[C@H]1[C@H](NC(=O)/C(=N\OCC2CC(=O)C(O)=CN2O)c2csc(N)n2)C(=O)N1S(=O)(=O)O. The average Bonchev–Trinajstić information content (AvgIpc) is 3.11. The second-order valence-electron chi connectivity index (χ2n) is 6.79. The van der Waals surface area contributed by atoms with E-state index in [0.29, 0.717) is 5.06 Å². The van der Waals surface area contributed by atoms with Crippen LogP contribution in [0.15, 0.2) is 22.5 Å². The Bertz CT molecular complexity index is 1110. The van der Waals surface area contributed by atoms with Crippen molar-refractivity contribution in [3.63, 3.8) is 0 Å². The Balaban J connectivity index is 1.73. The van der Waals surface area contributed by atoms with Gasteiger partial charge < -0.3 is 21.0 Å². The number of rotatable bonds is 7. The maximum absolute atomic E-state index is 12.7. The van der Waals surface area contributed by atoms with Gasteiger partial charge in [0.25, 0.3) is 11.8 Å². The Labute approximate surface area is 184 Å². The first-order valence-electron chi connectivity index (χ1n) is 8.84. The summed E-state index contributed by atoms with van der Waals surface area (Å²) < 4.78 is 31.7. The van der Waals surface area contributed by atoms with Crippen LogP contribution < -0.4 is 11.1 Å². The number of Topliss-reactive ketones (excluding diaryl/α,β-unsaturated/α-hetero) is 1. The summed E-state index contributed by atoms with van der Waals surface area (Å²) in [6.07, 6.45) is 0.530. The number of thiazole rings is 1. The van der Waals surface area contributed by atoms with Gasteiger partial charge in [-0.05, 0) is 6.92 Å². The molecule has 2 aliphatic heterocycles. The summed E-state index contributed by atoms with van der Waals surface area (Å²) in [7, 11) is -4.77. The minimum Gasteiger partial charge on any atom is -0.503 e. The molecule has 0 radical (unpaired) electrons. The number of carbonyl (C=O) groups is 3. The Kier molecular flexibility index (Phi) is 6.35. The molecule has 15 nitrogen and oxygen atoms in total. The molecule has 0 aromatic carbocycles. The van der Waals surface area contributed by atoms with Gasteiger partial charge in [-0.1, -0.05) is 5.16 Å². The summed E-state index contributed by atoms with van der Waals surface area (Å²) in [5.74, 6) is -3.24. The molecule has 3 atom stereocenters. The lowest BCUT2D eigenvalue weighted by atomic mass is 10.0. The Hall–Kier alpha value is -3.28. The van der Waals surface area contributed by atoms with Crippen molar-refractivity contribution in [1.29, 1.82) is 0 Å². The number of oxime groups is 1. The van der Waals surface area contributed by atoms with Crippen molar-refractivity contribution in [2.24, 2.45) is 5.16 Å². The number of ketones is 1. The van der Waals surface area contributed by atoms with Crippen molar-refractivity contribution in [1.82, 2.24) is 19.7 Å². The molecule has 2 amide bonds. The number of nitrogens with zero attached hydrogens (tertiary/aromatic N) is 4. The van der Waals surface area contributed by atoms with E-state index >= 15 is 0 Å². The monoisotopic (exact) mass is 490 g/mol. The molecule has 1 unspecified atom stereocenters. The number of amides is 2. The van der Waals surface area contributed by atoms with Gasteiger partial charge in [0.2, 0.25) is 5.78 Å².